The number of hydrogen-bond donors (Lipinski definition) is 3. The minimum atomic E-state index is 0.103. The third kappa shape index (κ3) is 2.11. The molecule has 0 fully saturated rings. The van der Waals surface area contributed by atoms with Gasteiger partial charge in [0.15, 0.2) is 11.6 Å². The third-order valence-electron chi connectivity index (χ3n) is 2.70. The van der Waals surface area contributed by atoms with Crippen molar-refractivity contribution in [2.75, 3.05) is 5.73 Å². The number of nitrogens with zero attached hydrogens (tertiary/aromatic N) is 3. The summed E-state index contributed by atoms with van der Waals surface area (Å²) in [6, 6.07) is 8.42. The van der Waals surface area contributed by atoms with E-state index in [-0.39, 0.29) is 5.75 Å². The van der Waals surface area contributed by atoms with Crippen LogP contribution >= 0.6 is 0 Å². The van der Waals surface area contributed by atoms with E-state index in [9.17, 15) is 5.11 Å². The van der Waals surface area contributed by atoms with Crippen molar-refractivity contribution in [1.29, 1.82) is 0 Å². The summed E-state index contributed by atoms with van der Waals surface area (Å²) in [5.41, 5.74) is 7.62. The molecule has 0 atom stereocenters. The standard InChI is InChI=1S/C13H11N5O/c14-9-1-2-11(19)10(7-9)13-16-12(17-18-13)8-3-5-15-6-4-8/h1-7,19H,14H2,(H,16,17,18). The van der Waals surface area contributed by atoms with Crippen molar-refractivity contribution in [3.63, 3.8) is 0 Å². The van der Waals surface area contributed by atoms with Crippen molar-refractivity contribution >= 4 is 5.69 Å². The summed E-state index contributed by atoms with van der Waals surface area (Å²) in [5.74, 6) is 1.11. The number of nitrogens with one attached hydrogen (secondary N) is 1. The van der Waals surface area contributed by atoms with Crippen LogP contribution in [-0.4, -0.2) is 25.3 Å². The number of aromatic nitrogens is 4. The lowest BCUT2D eigenvalue weighted by molar-refractivity contribution is 0.477. The van der Waals surface area contributed by atoms with Crippen molar-refractivity contribution in [2.45, 2.75) is 0 Å². The molecule has 0 saturated carbocycles. The molecule has 0 radical (unpaired) electrons. The Hall–Kier alpha value is -2.89. The van der Waals surface area contributed by atoms with E-state index in [1.807, 2.05) is 12.1 Å². The lowest BCUT2D eigenvalue weighted by Crippen LogP contribution is -1.87. The van der Waals surface area contributed by atoms with Crippen molar-refractivity contribution in [3.8, 4) is 28.5 Å². The fourth-order valence-electron chi connectivity index (χ4n) is 1.76. The van der Waals surface area contributed by atoms with Crippen molar-refractivity contribution in [3.05, 3.63) is 42.7 Å². The lowest BCUT2D eigenvalue weighted by atomic mass is 10.1. The molecule has 0 spiro atoms. The van der Waals surface area contributed by atoms with Gasteiger partial charge in [0, 0.05) is 23.6 Å². The maximum absolute atomic E-state index is 9.81. The van der Waals surface area contributed by atoms with Crippen molar-refractivity contribution in [1.82, 2.24) is 20.2 Å². The van der Waals surface area contributed by atoms with Gasteiger partial charge in [-0.2, -0.15) is 5.10 Å². The Morgan fingerprint density at radius 2 is 1.89 bits per heavy atom. The Balaban J connectivity index is 2.04. The van der Waals surface area contributed by atoms with E-state index in [1.54, 1.807) is 24.5 Å². The fourth-order valence-corrected chi connectivity index (χ4v) is 1.76. The molecule has 1 aromatic carbocycles. The first-order valence-corrected chi connectivity index (χ1v) is 5.66. The number of aromatic amines is 1. The van der Waals surface area contributed by atoms with Gasteiger partial charge >= 0.3 is 0 Å². The van der Waals surface area contributed by atoms with Crippen LogP contribution in [0.2, 0.25) is 0 Å². The van der Waals surface area contributed by atoms with Gasteiger partial charge in [-0.25, -0.2) is 4.98 Å². The number of hydrogen-bond acceptors (Lipinski definition) is 5. The number of pyridine rings is 1. The second-order valence-electron chi connectivity index (χ2n) is 4.02. The minimum absolute atomic E-state index is 0.103. The van der Waals surface area contributed by atoms with Crippen LogP contribution in [0, 0.1) is 0 Å². The molecule has 0 saturated heterocycles. The maximum atomic E-state index is 9.81. The topological polar surface area (TPSA) is 101 Å². The average molecular weight is 253 g/mol. The molecule has 0 aliphatic heterocycles. The van der Waals surface area contributed by atoms with Gasteiger partial charge in [0.05, 0.1) is 5.56 Å². The van der Waals surface area contributed by atoms with Gasteiger partial charge in [-0.15, -0.1) is 0 Å². The van der Waals surface area contributed by atoms with E-state index < -0.39 is 0 Å². The number of anilines is 1. The highest BCUT2D eigenvalue weighted by Gasteiger charge is 2.11. The Morgan fingerprint density at radius 3 is 2.68 bits per heavy atom. The molecule has 0 unspecified atom stereocenters. The van der Waals surface area contributed by atoms with Gasteiger partial charge in [-0.1, -0.05) is 0 Å². The largest absolute Gasteiger partial charge is 0.507 e. The van der Waals surface area contributed by atoms with Gasteiger partial charge in [-0.3, -0.25) is 10.1 Å². The summed E-state index contributed by atoms with van der Waals surface area (Å²) in [4.78, 5) is 8.28. The van der Waals surface area contributed by atoms with E-state index in [2.05, 4.69) is 20.2 Å². The number of nitrogens with two attached hydrogens (primary N) is 1. The van der Waals surface area contributed by atoms with Gasteiger partial charge < -0.3 is 10.8 Å². The van der Waals surface area contributed by atoms with Gasteiger partial charge in [0.25, 0.3) is 0 Å². The molecule has 0 amide bonds. The molecule has 2 aromatic heterocycles. The Labute approximate surface area is 109 Å². The van der Waals surface area contributed by atoms with Crippen molar-refractivity contribution in [2.24, 2.45) is 0 Å². The summed E-state index contributed by atoms with van der Waals surface area (Å²) < 4.78 is 0. The first-order valence-electron chi connectivity index (χ1n) is 5.66. The molecule has 6 heteroatoms. The van der Waals surface area contributed by atoms with Gasteiger partial charge in [0.1, 0.15) is 5.75 Å². The number of aromatic hydroxyl groups is 1. The van der Waals surface area contributed by atoms with E-state index in [0.29, 0.717) is 22.9 Å². The van der Waals surface area contributed by atoms with Crippen LogP contribution in [0.3, 0.4) is 0 Å². The zero-order valence-electron chi connectivity index (χ0n) is 9.91. The predicted molar refractivity (Wildman–Crippen MR) is 71.1 cm³/mol. The molecule has 6 nitrogen and oxygen atoms in total. The van der Waals surface area contributed by atoms with E-state index in [0.717, 1.165) is 5.56 Å². The van der Waals surface area contributed by atoms with Crippen molar-refractivity contribution < 1.29 is 5.11 Å². The Kier molecular flexibility index (Phi) is 2.60. The van der Waals surface area contributed by atoms with Crippen LogP contribution in [0.4, 0.5) is 5.69 Å². The summed E-state index contributed by atoms with van der Waals surface area (Å²) >= 11 is 0. The number of phenolic OH excluding ortho intramolecular Hbond substituents is 1. The molecule has 2 heterocycles. The first kappa shape index (κ1) is 11.2. The SMILES string of the molecule is Nc1ccc(O)c(-c2nc(-c3ccncc3)n[nH]2)c1. The highest BCUT2D eigenvalue weighted by Crippen LogP contribution is 2.29. The zero-order chi connectivity index (χ0) is 13.2. The highest BCUT2D eigenvalue weighted by atomic mass is 16.3. The third-order valence-corrected chi connectivity index (χ3v) is 2.70. The first-order chi connectivity index (χ1) is 9.24. The molecule has 94 valence electrons. The summed E-state index contributed by atoms with van der Waals surface area (Å²) in [7, 11) is 0. The Morgan fingerprint density at radius 1 is 1.11 bits per heavy atom. The summed E-state index contributed by atoms with van der Waals surface area (Å²) in [5, 5.41) is 16.7. The van der Waals surface area contributed by atoms with E-state index in [4.69, 9.17) is 5.73 Å². The van der Waals surface area contributed by atoms with E-state index >= 15 is 0 Å². The number of rotatable bonds is 2. The van der Waals surface area contributed by atoms with Crippen LogP contribution in [0.15, 0.2) is 42.7 Å². The lowest BCUT2D eigenvalue weighted by Gasteiger charge is -2.01. The van der Waals surface area contributed by atoms with Gasteiger partial charge in [-0.05, 0) is 30.3 Å². The number of benzene rings is 1. The van der Waals surface area contributed by atoms with Crippen LogP contribution in [-0.2, 0) is 0 Å². The van der Waals surface area contributed by atoms with E-state index in [1.165, 1.54) is 6.07 Å². The zero-order valence-corrected chi connectivity index (χ0v) is 9.91. The fraction of sp³-hybridized carbons (Fsp3) is 0. The molecular weight excluding hydrogens is 242 g/mol. The summed E-state index contributed by atoms with van der Waals surface area (Å²) in [6.45, 7) is 0. The highest BCUT2D eigenvalue weighted by molar-refractivity contribution is 5.69. The molecule has 0 aliphatic rings. The quantitative estimate of drug-likeness (QED) is 0.477. The maximum Gasteiger partial charge on any atom is 0.181 e. The molecule has 3 rings (SSSR count). The van der Waals surface area contributed by atoms with Gasteiger partial charge in [0.2, 0.25) is 0 Å². The Bertz CT molecular complexity index is 708. The molecule has 0 aliphatic carbocycles. The average Bonchev–Trinajstić information content (AvgIpc) is 2.92. The van der Waals surface area contributed by atoms with Crippen LogP contribution < -0.4 is 5.73 Å². The summed E-state index contributed by atoms with van der Waals surface area (Å²) in [6.07, 6.45) is 3.34. The second-order valence-corrected chi connectivity index (χ2v) is 4.02. The predicted octanol–water partition coefficient (Wildman–Crippen LogP) is 1.82. The van der Waals surface area contributed by atoms with Crippen LogP contribution in [0.5, 0.6) is 5.75 Å². The van der Waals surface area contributed by atoms with Crippen LogP contribution in [0.25, 0.3) is 22.8 Å². The normalized spacial score (nSPS) is 10.5. The molecule has 3 aromatic rings. The monoisotopic (exact) mass is 253 g/mol. The smallest absolute Gasteiger partial charge is 0.181 e. The molecule has 4 N–H and O–H groups in total. The molecule has 0 bridgehead atoms. The minimum Gasteiger partial charge on any atom is -0.507 e. The second kappa shape index (κ2) is 4.41. The molecule has 19 heavy (non-hydrogen) atoms. The van der Waals surface area contributed by atoms with Crippen LogP contribution in [0.1, 0.15) is 0 Å². The number of H-pyrrole nitrogens is 1. The number of nitrogen functional groups attached to an aromatic ring is 1. The molecular formula is C13H11N5O. The number of phenols is 1.